The molecule has 0 bridgehead atoms. The number of carbonyl (C=O) groups is 1. The first-order valence-corrected chi connectivity index (χ1v) is 7.29. The molecule has 1 aromatic rings. The van der Waals surface area contributed by atoms with E-state index in [1.807, 2.05) is 17.2 Å². The molecule has 4 nitrogen and oxygen atoms in total. The van der Waals surface area contributed by atoms with Crippen LogP contribution in [0.5, 0.6) is 0 Å². The van der Waals surface area contributed by atoms with Crippen molar-refractivity contribution in [2.75, 3.05) is 19.6 Å². The summed E-state index contributed by atoms with van der Waals surface area (Å²) in [5, 5.41) is 3.42. The maximum atomic E-state index is 12.1. The summed E-state index contributed by atoms with van der Waals surface area (Å²) in [6.45, 7) is 8.57. The second-order valence-corrected chi connectivity index (χ2v) is 5.74. The summed E-state index contributed by atoms with van der Waals surface area (Å²) < 4.78 is 2.06. The van der Waals surface area contributed by atoms with Gasteiger partial charge in [-0.15, -0.1) is 0 Å². The fourth-order valence-corrected chi connectivity index (χ4v) is 2.47. The molecule has 1 N–H and O–H groups in total. The highest BCUT2D eigenvalue weighted by molar-refractivity contribution is 5.76. The molecule has 19 heavy (non-hydrogen) atoms. The number of nitrogens with zero attached hydrogens (tertiary/aromatic N) is 2. The number of hydrogen-bond acceptors (Lipinski definition) is 2. The molecule has 0 aliphatic carbocycles. The normalized spacial score (nSPS) is 15.4. The summed E-state index contributed by atoms with van der Waals surface area (Å²) in [6.07, 6.45) is 4.31. The molecule has 0 aromatic carbocycles. The summed E-state index contributed by atoms with van der Waals surface area (Å²) in [7, 11) is 0. The van der Waals surface area contributed by atoms with Crippen molar-refractivity contribution in [1.29, 1.82) is 0 Å². The number of likely N-dealkylation sites (tertiary alicyclic amines) is 1. The van der Waals surface area contributed by atoms with E-state index in [-0.39, 0.29) is 5.91 Å². The number of amides is 1. The molecule has 1 amide bonds. The van der Waals surface area contributed by atoms with Crippen molar-refractivity contribution in [3.63, 3.8) is 0 Å². The van der Waals surface area contributed by atoms with E-state index in [1.165, 1.54) is 5.69 Å². The molecule has 1 aliphatic heterocycles. The highest BCUT2D eigenvalue weighted by atomic mass is 16.2. The van der Waals surface area contributed by atoms with Gasteiger partial charge in [0.05, 0.1) is 0 Å². The quantitative estimate of drug-likeness (QED) is 0.850. The van der Waals surface area contributed by atoms with Crippen molar-refractivity contribution in [2.24, 2.45) is 5.92 Å². The lowest BCUT2D eigenvalue weighted by atomic mass is 10.2. The van der Waals surface area contributed by atoms with E-state index in [2.05, 4.69) is 29.8 Å². The average molecular weight is 263 g/mol. The zero-order valence-corrected chi connectivity index (χ0v) is 12.1. The van der Waals surface area contributed by atoms with Crippen LogP contribution in [0.15, 0.2) is 18.3 Å². The SMILES string of the molecule is CC(C)CNCc1cccn1CC(=O)N1CCCC1. The molecule has 2 heterocycles. The molecule has 0 atom stereocenters. The van der Waals surface area contributed by atoms with Gasteiger partial charge in [-0.3, -0.25) is 4.79 Å². The van der Waals surface area contributed by atoms with Crippen LogP contribution in [0.1, 0.15) is 32.4 Å². The van der Waals surface area contributed by atoms with Crippen molar-refractivity contribution in [1.82, 2.24) is 14.8 Å². The third-order valence-corrected chi connectivity index (χ3v) is 3.55. The second-order valence-electron chi connectivity index (χ2n) is 5.74. The third kappa shape index (κ3) is 4.10. The maximum absolute atomic E-state index is 12.1. The van der Waals surface area contributed by atoms with Gasteiger partial charge in [0, 0.05) is 31.5 Å². The highest BCUT2D eigenvalue weighted by Crippen LogP contribution is 2.10. The number of carbonyl (C=O) groups excluding carboxylic acids is 1. The standard InChI is InChI=1S/C15H25N3O/c1-13(2)10-16-11-14-6-5-9-18(14)12-15(19)17-7-3-4-8-17/h5-6,9,13,16H,3-4,7-8,10-12H2,1-2H3. The molecule has 1 saturated heterocycles. The van der Waals surface area contributed by atoms with E-state index in [4.69, 9.17) is 0 Å². The molecule has 0 radical (unpaired) electrons. The first-order chi connectivity index (χ1) is 9.16. The van der Waals surface area contributed by atoms with Crippen LogP contribution in [0.3, 0.4) is 0 Å². The van der Waals surface area contributed by atoms with Crippen LogP contribution >= 0.6 is 0 Å². The van der Waals surface area contributed by atoms with E-state index in [9.17, 15) is 4.79 Å². The van der Waals surface area contributed by atoms with E-state index in [0.717, 1.165) is 39.0 Å². The Balaban J connectivity index is 1.86. The summed E-state index contributed by atoms with van der Waals surface area (Å²) in [6, 6.07) is 4.11. The van der Waals surface area contributed by atoms with Gasteiger partial charge in [-0.25, -0.2) is 0 Å². The highest BCUT2D eigenvalue weighted by Gasteiger charge is 2.18. The van der Waals surface area contributed by atoms with Gasteiger partial charge in [0.2, 0.25) is 5.91 Å². The maximum Gasteiger partial charge on any atom is 0.242 e. The Hall–Kier alpha value is -1.29. The van der Waals surface area contributed by atoms with E-state index in [1.54, 1.807) is 0 Å². The molecule has 0 spiro atoms. The molecule has 1 aromatic heterocycles. The van der Waals surface area contributed by atoms with Gasteiger partial charge in [0.1, 0.15) is 6.54 Å². The largest absolute Gasteiger partial charge is 0.341 e. The minimum atomic E-state index is 0.249. The lowest BCUT2D eigenvalue weighted by Gasteiger charge is -2.17. The van der Waals surface area contributed by atoms with Crippen molar-refractivity contribution in [3.05, 3.63) is 24.0 Å². The molecule has 0 unspecified atom stereocenters. The lowest BCUT2D eigenvalue weighted by molar-refractivity contribution is -0.130. The van der Waals surface area contributed by atoms with Crippen LogP contribution in [0.4, 0.5) is 0 Å². The first-order valence-electron chi connectivity index (χ1n) is 7.29. The zero-order valence-electron chi connectivity index (χ0n) is 12.1. The fourth-order valence-electron chi connectivity index (χ4n) is 2.47. The van der Waals surface area contributed by atoms with Crippen LogP contribution < -0.4 is 5.32 Å². The van der Waals surface area contributed by atoms with E-state index < -0.39 is 0 Å². The molecule has 4 heteroatoms. The minimum absolute atomic E-state index is 0.249. The van der Waals surface area contributed by atoms with Gasteiger partial charge < -0.3 is 14.8 Å². The van der Waals surface area contributed by atoms with Crippen molar-refractivity contribution < 1.29 is 4.79 Å². The summed E-state index contributed by atoms with van der Waals surface area (Å²) in [4.78, 5) is 14.1. The number of nitrogens with one attached hydrogen (secondary N) is 1. The average Bonchev–Trinajstić information content (AvgIpc) is 3.00. The lowest BCUT2D eigenvalue weighted by Crippen LogP contribution is -2.31. The molecule has 106 valence electrons. The van der Waals surface area contributed by atoms with Crippen LogP contribution in [0.2, 0.25) is 0 Å². The van der Waals surface area contributed by atoms with Crippen molar-refractivity contribution in [3.8, 4) is 0 Å². The second kappa shape index (κ2) is 6.75. The monoisotopic (exact) mass is 263 g/mol. The molecular weight excluding hydrogens is 238 g/mol. The predicted molar refractivity (Wildman–Crippen MR) is 76.8 cm³/mol. The summed E-state index contributed by atoms with van der Waals surface area (Å²) in [5.74, 6) is 0.897. The number of hydrogen-bond donors (Lipinski definition) is 1. The molecule has 0 saturated carbocycles. The van der Waals surface area contributed by atoms with Gasteiger partial charge in [0.25, 0.3) is 0 Å². The summed E-state index contributed by atoms with van der Waals surface area (Å²) in [5.41, 5.74) is 1.19. The Bertz CT molecular complexity index is 405. The predicted octanol–water partition coefficient (Wildman–Crippen LogP) is 1.86. The van der Waals surface area contributed by atoms with Crippen LogP contribution in [0, 0.1) is 5.92 Å². The Labute approximate surface area is 115 Å². The fraction of sp³-hybridized carbons (Fsp3) is 0.667. The van der Waals surface area contributed by atoms with Gasteiger partial charge in [-0.1, -0.05) is 13.8 Å². The van der Waals surface area contributed by atoms with Crippen molar-refractivity contribution >= 4 is 5.91 Å². The molecular formula is C15H25N3O. The van der Waals surface area contributed by atoms with Crippen LogP contribution in [-0.4, -0.2) is 35.0 Å². The first kappa shape index (κ1) is 14.1. The molecule has 1 fully saturated rings. The Morgan fingerprint density at radius 3 is 2.79 bits per heavy atom. The van der Waals surface area contributed by atoms with Gasteiger partial charge in [-0.05, 0) is 37.4 Å². The molecule has 2 rings (SSSR count). The van der Waals surface area contributed by atoms with E-state index in [0.29, 0.717) is 12.5 Å². The Morgan fingerprint density at radius 2 is 2.11 bits per heavy atom. The van der Waals surface area contributed by atoms with Crippen molar-refractivity contribution in [2.45, 2.75) is 39.8 Å². The smallest absolute Gasteiger partial charge is 0.242 e. The minimum Gasteiger partial charge on any atom is -0.341 e. The zero-order chi connectivity index (χ0) is 13.7. The number of rotatable bonds is 6. The third-order valence-electron chi connectivity index (χ3n) is 3.55. The Morgan fingerprint density at radius 1 is 1.37 bits per heavy atom. The molecule has 1 aliphatic rings. The van der Waals surface area contributed by atoms with Gasteiger partial charge in [-0.2, -0.15) is 0 Å². The topological polar surface area (TPSA) is 37.3 Å². The Kier molecular flexibility index (Phi) is 5.02. The summed E-state index contributed by atoms with van der Waals surface area (Å²) >= 11 is 0. The van der Waals surface area contributed by atoms with Crippen LogP contribution in [0.25, 0.3) is 0 Å². The number of aromatic nitrogens is 1. The van der Waals surface area contributed by atoms with Crippen LogP contribution in [-0.2, 0) is 17.9 Å². The van der Waals surface area contributed by atoms with Gasteiger partial charge in [0.15, 0.2) is 0 Å². The van der Waals surface area contributed by atoms with E-state index >= 15 is 0 Å². The van der Waals surface area contributed by atoms with Gasteiger partial charge >= 0.3 is 0 Å².